The molecule has 0 aliphatic heterocycles. The first-order valence-corrected chi connectivity index (χ1v) is 5.53. The van der Waals surface area contributed by atoms with Crippen molar-refractivity contribution in [3.63, 3.8) is 0 Å². The largest absolute Gasteiger partial charge is 0.402 e. The van der Waals surface area contributed by atoms with Crippen molar-refractivity contribution in [1.82, 2.24) is 0 Å². The Morgan fingerprint density at radius 3 is 2.39 bits per heavy atom. The minimum atomic E-state index is 0.558. The van der Waals surface area contributed by atoms with Crippen LogP contribution in [0, 0.1) is 11.3 Å². The predicted octanol–water partition coefficient (Wildman–Crippen LogP) is 3.41. The highest BCUT2D eigenvalue weighted by atomic mass is 14.7. The molecule has 0 amide bonds. The fourth-order valence-corrected chi connectivity index (χ4v) is 1.21. The van der Waals surface area contributed by atoms with Crippen LogP contribution in [0.2, 0.25) is 0 Å². The van der Waals surface area contributed by atoms with Crippen LogP contribution >= 0.6 is 0 Å². The van der Waals surface area contributed by atoms with Gasteiger partial charge in [-0.3, -0.25) is 4.99 Å². The normalized spacial score (nSPS) is 14.1. The van der Waals surface area contributed by atoms with Crippen LogP contribution < -0.4 is 5.73 Å². The molecule has 0 aromatic rings. The molecule has 0 radical (unpaired) electrons. The molecule has 0 aromatic heterocycles. The minimum Gasteiger partial charge on any atom is -0.402 e. The fourth-order valence-electron chi connectivity index (χ4n) is 1.21. The van der Waals surface area contributed by atoms with Crippen molar-refractivity contribution in [2.24, 2.45) is 10.7 Å². The van der Waals surface area contributed by atoms with Crippen molar-refractivity contribution in [1.29, 1.82) is 5.26 Å². The second-order valence-electron chi connectivity index (χ2n) is 3.73. The van der Waals surface area contributed by atoms with E-state index < -0.39 is 0 Å². The van der Waals surface area contributed by atoms with Gasteiger partial charge in [-0.25, -0.2) is 0 Å². The first-order valence-electron chi connectivity index (χ1n) is 5.53. The molecular weight excluding hydrogens is 222 g/mol. The third-order valence-corrected chi connectivity index (χ3v) is 2.26. The Morgan fingerprint density at radius 1 is 1.39 bits per heavy atom. The summed E-state index contributed by atoms with van der Waals surface area (Å²) in [5.41, 5.74) is 9.05. The molecule has 18 heavy (non-hydrogen) atoms. The lowest BCUT2D eigenvalue weighted by Crippen LogP contribution is -1.97. The van der Waals surface area contributed by atoms with Crippen LogP contribution in [-0.4, -0.2) is 6.21 Å². The van der Waals surface area contributed by atoms with Gasteiger partial charge in [0.25, 0.3) is 0 Å². The second kappa shape index (κ2) is 7.86. The van der Waals surface area contributed by atoms with E-state index in [2.05, 4.69) is 24.2 Å². The SMILES string of the molecule is C=CC(C=NC(=C)/C=C(C)\C(C#N)=C/C)=C(C)N. The highest BCUT2D eigenvalue weighted by Crippen LogP contribution is 2.11. The van der Waals surface area contributed by atoms with Crippen molar-refractivity contribution in [3.8, 4) is 6.07 Å². The average molecular weight is 241 g/mol. The molecule has 2 N–H and O–H groups in total. The number of hydrogen-bond donors (Lipinski definition) is 1. The Balaban J connectivity index is 4.99. The lowest BCUT2D eigenvalue weighted by molar-refractivity contribution is 1.29. The van der Waals surface area contributed by atoms with Gasteiger partial charge in [0.15, 0.2) is 0 Å². The zero-order valence-corrected chi connectivity index (χ0v) is 11.2. The molecular formula is C15H19N3. The summed E-state index contributed by atoms with van der Waals surface area (Å²) in [6.07, 6.45) is 6.75. The van der Waals surface area contributed by atoms with E-state index in [1.54, 1.807) is 31.4 Å². The lowest BCUT2D eigenvalue weighted by atomic mass is 10.1. The summed E-state index contributed by atoms with van der Waals surface area (Å²) in [6, 6.07) is 2.11. The Labute approximate surface area is 109 Å². The fraction of sp³-hybridized carbons (Fsp3) is 0.200. The maximum Gasteiger partial charge on any atom is 0.0990 e. The van der Waals surface area contributed by atoms with E-state index in [1.807, 2.05) is 13.8 Å². The summed E-state index contributed by atoms with van der Waals surface area (Å²) >= 11 is 0. The molecule has 0 aliphatic carbocycles. The second-order valence-corrected chi connectivity index (χ2v) is 3.73. The van der Waals surface area contributed by atoms with Crippen molar-refractivity contribution in [3.05, 3.63) is 59.5 Å². The molecule has 0 saturated heterocycles. The third-order valence-electron chi connectivity index (χ3n) is 2.26. The summed E-state index contributed by atoms with van der Waals surface area (Å²) in [5.74, 6) is 0. The van der Waals surface area contributed by atoms with Gasteiger partial charge in [-0.1, -0.05) is 25.3 Å². The molecule has 0 bridgehead atoms. The molecule has 0 heterocycles. The summed E-state index contributed by atoms with van der Waals surface area (Å²) in [5, 5.41) is 8.87. The zero-order valence-electron chi connectivity index (χ0n) is 11.2. The van der Waals surface area contributed by atoms with Gasteiger partial charge in [-0.15, -0.1) is 0 Å². The molecule has 0 aliphatic rings. The topological polar surface area (TPSA) is 62.2 Å². The molecule has 0 atom stereocenters. The van der Waals surface area contributed by atoms with E-state index >= 15 is 0 Å². The number of hydrogen-bond acceptors (Lipinski definition) is 3. The lowest BCUT2D eigenvalue weighted by Gasteiger charge is -1.99. The van der Waals surface area contributed by atoms with E-state index in [0.29, 0.717) is 17.0 Å². The minimum absolute atomic E-state index is 0.558. The maximum atomic E-state index is 8.87. The first kappa shape index (κ1) is 15.7. The van der Waals surface area contributed by atoms with Gasteiger partial charge in [0.05, 0.1) is 17.3 Å². The van der Waals surface area contributed by atoms with Crippen LogP contribution in [0.4, 0.5) is 0 Å². The van der Waals surface area contributed by atoms with Gasteiger partial charge < -0.3 is 5.73 Å². The highest BCUT2D eigenvalue weighted by Gasteiger charge is 1.97. The van der Waals surface area contributed by atoms with Crippen LogP contribution in [-0.2, 0) is 0 Å². The van der Waals surface area contributed by atoms with E-state index in [-0.39, 0.29) is 0 Å². The Morgan fingerprint density at radius 2 is 2.00 bits per heavy atom. The molecule has 0 unspecified atom stereocenters. The summed E-state index contributed by atoms with van der Waals surface area (Å²) in [4.78, 5) is 4.17. The van der Waals surface area contributed by atoms with Gasteiger partial charge in [-0.2, -0.15) is 5.26 Å². The van der Waals surface area contributed by atoms with Crippen LogP contribution in [0.25, 0.3) is 0 Å². The van der Waals surface area contributed by atoms with Gasteiger partial charge in [0.2, 0.25) is 0 Å². The maximum absolute atomic E-state index is 8.87. The van der Waals surface area contributed by atoms with Gasteiger partial charge in [0.1, 0.15) is 0 Å². The number of nitrogens with zero attached hydrogens (tertiary/aromatic N) is 2. The zero-order chi connectivity index (χ0) is 14.1. The Hall–Kier alpha value is -2.34. The summed E-state index contributed by atoms with van der Waals surface area (Å²) < 4.78 is 0. The van der Waals surface area contributed by atoms with Crippen LogP contribution in [0.5, 0.6) is 0 Å². The Kier molecular flexibility index (Phi) is 6.83. The van der Waals surface area contributed by atoms with Crippen LogP contribution in [0.3, 0.4) is 0 Å². The number of aliphatic imine (C=N–C) groups is 1. The first-order chi connectivity index (χ1) is 8.46. The molecule has 0 fully saturated rings. The molecule has 0 aromatic carbocycles. The molecule has 3 heteroatoms. The van der Waals surface area contributed by atoms with E-state index in [4.69, 9.17) is 11.0 Å². The van der Waals surface area contributed by atoms with Crippen molar-refractivity contribution in [2.75, 3.05) is 0 Å². The number of allylic oxidation sites excluding steroid dienone is 7. The third kappa shape index (κ3) is 5.13. The Bertz CT molecular complexity index is 490. The average Bonchev–Trinajstić information content (AvgIpc) is 2.30. The monoisotopic (exact) mass is 241 g/mol. The predicted molar refractivity (Wildman–Crippen MR) is 77.8 cm³/mol. The smallest absolute Gasteiger partial charge is 0.0990 e. The van der Waals surface area contributed by atoms with Gasteiger partial charge in [-0.05, 0) is 32.4 Å². The molecule has 3 nitrogen and oxygen atoms in total. The standard InChI is InChI=1S/C15H19N3/c1-6-14(9-16)11(3)8-12(4)18-10-15(7-2)13(5)17/h6-8,10H,2,4,17H2,1,3,5H3/b11-8-,14-6-,15-13?,18-10?. The molecule has 0 spiro atoms. The van der Waals surface area contributed by atoms with E-state index in [1.165, 1.54) is 0 Å². The number of nitriles is 1. The van der Waals surface area contributed by atoms with Crippen molar-refractivity contribution in [2.45, 2.75) is 20.8 Å². The van der Waals surface area contributed by atoms with Gasteiger partial charge >= 0.3 is 0 Å². The van der Waals surface area contributed by atoms with Crippen molar-refractivity contribution >= 4 is 6.21 Å². The van der Waals surface area contributed by atoms with Crippen LogP contribution in [0.15, 0.2) is 64.5 Å². The van der Waals surface area contributed by atoms with E-state index in [9.17, 15) is 0 Å². The number of rotatable bonds is 5. The quantitative estimate of drug-likeness (QED) is 0.455. The summed E-state index contributed by atoms with van der Waals surface area (Å²) in [6.45, 7) is 12.9. The van der Waals surface area contributed by atoms with Gasteiger partial charge in [0, 0.05) is 17.5 Å². The molecule has 0 rings (SSSR count). The van der Waals surface area contributed by atoms with E-state index in [0.717, 1.165) is 11.1 Å². The molecule has 94 valence electrons. The molecule has 0 saturated carbocycles. The highest BCUT2D eigenvalue weighted by molar-refractivity contribution is 5.83. The van der Waals surface area contributed by atoms with Crippen molar-refractivity contribution < 1.29 is 0 Å². The number of nitrogens with two attached hydrogens (primary N) is 1. The van der Waals surface area contributed by atoms with Crippen LogP contribution in [0.1, 0.15) is 20.8 Å². The summed E-state index contributed by atoms with van der Waals surface area (Å²) in [7, 11) is 0.